The number of aliphatic hydroxyl groups excluding tert-OH is 2. The van der Waals surface area contributed by atoms with Gasteiger partial charge in [-0.1, -0.05) is 110 Å². The highest BCUT2D eigenvalue weighted by Gasteiger charge is 2.27. The Morgan fingerprint density at radius 1 is 0.650 bits per heavy atom. The summed E-state index contributed by atoms with van der Waals surface area (Å²) in [5, 5.41) is 18.1. The first-order chi connectivity index (χ1) is 19.2. The largest absolute Gasteiger partial charge is 0.472 e. The average molecular weight is 597 g/mol. The van der Waals surface area contributed by atoms with Crippen LogP contribution in [0.15, 0.2) is 0 Å². The van der Waals surface area contributed by atoms with Crippen LogP contribution in [0.25, 0.3) is 0 Å². The van der Waals surface area contributed by atoms with Crippen LogP contribution >= 0.6 is 7.82 Å². The molecule has 0 amide bonds. The summed E-state index contributed by atoms with van der Waals surface area (Å²) in [4.78, 5) is 34.2. The van der Waals surface area contributed by atoms with Crippen LogP contribution in [-0.2, 0) is 32.7 Å². The van der Waals surface area contributed by atoms with E-state index in [2.05, 4.69) is 18.4 Å². The Morgan fingerprint density at radius 2 is 1.07 bits per heavy atom. The first-order valence-corrected chi connectivity index (χ1v) is 17.0. The molecular formula is C29H57O10P. The second-order valence-electron chi connectivity index (χ2n) is 10.5. The number of ether oxygens (including phenoxy) is 2. The van der Waals surface area contributed by atoms with Crippen molar-refractivity contribution in [2.75, 3.05) is 26.4 Å². The highest BCUT2D eigenvalue weighted by molar-refractivity contribution is 7.47. The Balaban J connectivity index is 4.33. The van der Waals surface area contributed by atoms with Gasteiger partial charge in [-0.3, -0.25) is 18.6 Å². The third-order valence-electron chi connectivity index (χ3n) is 6.51. The molecule has 3 N–H and O–H groups in total. The normalized spacial score (nSPS) is 14.4. The molecule has 0 spiro atoms. The van der Waals surface area contributed by atoms with Crippen LogP contribution in [-0.4, -0.2) is 65.7 Å². The number of hydrogen-bond acceptors (Lipinski definition) is 9. The Bertz CT molecular complexity index is 661. The van der Waals surface area contributed by atoms with Gasteiger partial charge in [0.15, 0.2) is 6.10 Å². The smallest absolute Gasteiger partial charge is 0.462 e. The number of phosphoric ester groups is 1. The van der Waals surface area contributed by atoms with Gasteiger partial charge in [-0.05, 0) is 12.8 Å². The molecule has 0 aliphatic rings. The van der Waals surface area contributed by atoms with Gasteiger partial charge in [-0.25, -0.2) is 4.57 Å². The lowest BCUT2D eigenvalue weighted by atomic mass is 10.0. The van der Waals surface area contributed by atoms with E-state index in [1.54, 1.807) is 0 Å². The van der Waals surface area contributed by atoms with E-state index in [0.717, 1.165) is 38.5 Å². The zero-order valence-corrected chi connectivity index (χ0v) is 26.0. The van der Waals surface area contributed by atoms with Crippen molar-refractivity contribution in [3.8, 4) is 0 Å². The van der Waals surface area contributed by atoms with E-state index < -0.39 is 51.8 Å². The third kappa shape index (κ3) is 25.9. The van der Waals surface area contributed by atoms with Crippen LogP contribution in [0.3, 0.4) is 0 Å². The van der Waals surface area contributed by atoms with Crippen LogP contribution in [0, 0.1) is 0 Å². The molecule has 10 nitrogen and oxygen atoms in total. The number of rotatable bonds is 29. The first kappa shape index (κ1) is 39.0. The summed E-state index contributed by atoms with van der Waals surface area (Å²) in [5.74, 6) is -0.941. The summed E-state index contributed by atoms with van der Waals surface area (Å²) < 4.78 is 32.1. The molecule has 0 aliphatic carbocycles. The highest BCUT2D eigenvalue weighted by atomic mass is 31.2. The van der Waals surface area contributed by atoms with E-state index in [0.29, 0.717) is 12.8 Å². The molecule has 0 radical (unpaired) electrons. The van der Waals surface area contributed by atoms with Gasteiger partial charge < -0.3 is 24.6 Å². The number of phosphoric acid groups is 1. The predicted molar refractivity (Wildman–Crippen MR) is 155 cm³/mol. The lowest BCUT2D eigenvalue weighted by Gasteiger charge is -2.20. The summed E-state index contributed by atoms with van der Waals surface area (Å²) >= 11 is 0. The lowest BCUT2D eigenvalue weighted by Crippen LogP contribution is -2.29. The molecule has 0 saturated heterocycles. The first-order valence-electron chi connectivity index (χ1n) is 15.5. The lowest BCUT2D eigenvalue weighted by molar-refractivity contribution is -0.161. The number of carbonyl (C=O) groups is 2. The molecule has 0 bridgehead atoms. The van der Waals surface area contributed by atoms with Gasteiger partial charge in [0.25, 0.3) is 0 Å². The fourth-order valence-corrected chi connectivity index (χ4v) is 4.84. The summed E-state index contributed by atoms with van der Waals surface area (Å²) in [6.45, 7) is 2.21. The fourth-order valence-electron chi connectivity index (χ4n) is 4.05. The van der Waals surface area contributed by atoms with Gasteiger partial charge in [0.2, 0.25) is 0 Å². The quantitative estimate of drug-likeness (QED) is 0.0504. The molecule has 0 aromatic rings. The van der Waals surface area contributed by atoms with E-state index >= 15 is 0 Å². The minimum atomic E-state index is -4.58. The third-order valence-corrected chi connectivity index (χ3v) is 7.46. The second kappa shape index (κ2) is 26.8. The van der Waals surface area contributed by atoms with Gasteiger partial charge in [-0.15, -0.1) is 0 Å². The molecule has 0 aromatic heterocycles. The van der Waals surface area contributed by atoms with Crippen LogP contribution in [0.2, 0.25) is 0 Å². The molecule has 0 fully saturated rings. The number of carbonyl (C=O) groups excluding carboxylic acids is 2. The number of unbranched alkanes of at least 4 members (excludes halogenated alkanes) is 15. The van der Waals surface area contributed by atoms with E-state index in [9.17, 15) is 24.2 Å². The maximum atomic E-state index is 12.4. The van der Waals surface area contributed by atoms with Crippen molar-refractivity contribution in [1.29, 1.82) is 0 Å². The fraction of sp³-hybridized carbons (Fsp3) is 0.931. The Kier molecular flexibility index (Phi) is 26.2. The van der Waals surface area contributed by atoms with Crippen molar-refractivity contribution in [2.45, 2.75) is 148 Å². The maximum Gasteiger partial charge on any atom is 0.472 e. The van der Waals surface area contributed by atoms with Gasteiger partial charge in [-0.2, -0.15) is 0 Å². The topological polar surface area (TPSA) is 149 Å². The minimum absolute atomic E-state index is 0.190. The van der Waals surface area contributed by atoms with Crippen molar-refractivity contribution in [2.24, 2.45) is 0 Å². The Morgan fingerprint density at radius 3 is 1.57 bits per heavy atom. The number of esters is 2. The monoisotopic (exact) mass is 596 g/mol. The summed E-state index contributed by atoms with van der Waals surface area (Å²) in [6, 6.07) is 0. The zero-order valence-electron chi connectivity index (χ0n) is 25.1. The molecule has 0 aromatic carbocycles. The molecule has 1 unspecified atom stereocenters. The van der Waals surface area contributed by atoms with Crippen LogP contribution in [0.5, 0.6) is 0 Å². The standard InChI is InChI=1S/C29H57O10P/c1-3-5-7-9-10-11-12-13-14-15-16-17-19-21-29(33)39-27(24-36-28(32)20-18-8-6-4-2)25-38-40(34,35)37-23-26(31)22-30/h26-27,30-31H,3-25H2,1-2H3,(H,34,35)/t26-,27+/m1/s1. The van der Waals surface area contributed by atoms with E-state index in [1.165, 1.54) is 57.8 Å². The van der Waals surface area contributed by atoms with Gasteiger partial charge in [0.05, 0.1) is 19.8 Å². The highest BCUT2D eigenvalue weighted by Crippen LogP contribution is 2.43. The van der Waals surface area contributed by atoms with Crippen molar-refractivity contribution in [3.05, 3.63) is 0 Å². The summed E-state index contributed by atoms with van der Waals surface area (Å²) in [6.07, 6.45) is 17.2. The maximum absolute atomic E-state index is 12.4. The van der Waals surface area contributed by atoms with Crippen molar-refractivity contribution < 1.29 is 47.8 Å². The second-order valence-corrected chi connectivity index (χ2v) is 11.9. The molecule has 40 heavy (non-hydrogen) atoms. The summed E-state index contributed by atoms with van der Waals surface area (Å²) in [5.41, 5.74) is 0. The number of hydrogen-bond donors (Lipinski definition) is 3. The van der Waals surface area contributed by atoms with Crippen molar-refractivity contribution in [3.63, 3.8) is 0 Å². The zero-order chi connectivity index (χ0) is 29.9. The van der Waals surface area contributed by atoms with Crippen LogP contribution < -0.4 is 0 Å². The molecule has 11 heteroatoms. The molecular weight excluding hydrogens is 539 g/mol. The number of aliphatic hydroxyl groups is 2. The molecule has 238 valence electrons. The van der Waals surface area contributed by atoms with Gasteiger partial charge in [0, 0.05) is 12.8 Å². The Hall–Kier alpha value is -1.03. The molecule has 3 atom stereocenters. The van der Waals surface area contributed by atoms with Gasteiger partial charge in [0.1, 0.15) is 12.7 Å². The molecule has 0 rings (SSSR count). The Labute approximate surface area is 242 Å². The molecule has 0 heterocycles. The van der Waals surface area contributed by atoms with E-state index in [4.69, 9.17) is 19.1 Å². The van der Waals surface area contributed by atoms with Crippen LogP contribution in [0.4, 0.5) is 0 Å². The predicted octanol–water partition coefficient (Wildman–Crippen LogP) is 6.38. The van der Waals surface area contributed by atoms with E-state index in [-0.39, 0.29) is 19.4 Å². The SMILES string of the molecule is CCCCCCCCCCCCCCCC(=O)O[C@@H](COC(=O)CCCCCC)COP(=O)(O)OC[C@H](O)CO. The van der Waals surface area contributed by atoms with Crippen LogP contribution in [0.1, 0.15) is 136 Å². The minimum Gasteiger partial charge on any atom is -0.462 e. The summed E-state index contributed by atoms with van der Waals surface area (Å²) in [7, 11) is -4.58. The van der Waals surface area contributed by atoms with Crippen molar-refractivity contribution in [1.82, 2.24) is 0 Å². The molecule has 0 aliphatic heterocycles. The van der Waals surface area contributed by atoms with Crippen molar-refractivity contribution >= 4 is 19.8 Å². The van der Waals surface area contributed by atoms with E-state index in [1.807, 2.05) is 0 Å². The van der Waals surface area contributed by atoms with Gasteiger partial charge >= 0.3 is 19.8 Å². The molecule has 0 saturated carbocycles. The average Bonchev–Trinajstić information content (AvgIpc) is 2.93.